The molecule has 2 aromatic rings. The number of aromatic nitrogens is 2. The molecule has 4 rings (SSSR count). The molecule has 1 amide bonds. The first-order valence-corrected chi connectivity index (χ1v) is 11.9. The number of nitrogens with zero attached hydrogens (tertiary/aromatic N) is 2. The number of carbonyl (C=O) groups is 1. The van der Waals surface area contributed by atoms with E-state index in [0.717, 1.165) is 59.0 Å². The van der Waals surface area contributed by atoms with E-state index in [9.17, 15) is 9.59 Å². The lowest BCUT2D eigenvalue weighted by atomic mass is 10.1. The predicted octanol–water partition coefficient (Wildman–Crippen LogP) is 2.88. The molecule has 8 heteroatoms. The minimum absolute atomic E-state index is 0.0373. The number of thioether (sulfide) groups is 2. The highest BCUT2D eigenvalue weighted by Crippen LogP contribution is 2.30. The van der Waals surface area contributed by atoms with Gasteiger partial charge in [-0.25, -0.2) is 4.98 Å². The molecule has 1 saturated heterocycles. The number of ether oxygens (including phenoxy) is 1. The number of hydrogen-bond donors (Lipinski definition) is 1. The number of amides is 1. The van der Waals surface area contributed by atoms with Crippen molar-refractivity contribution in [1.82, 2.24) is 14.9 Å². The molecular weight excluding hydrogens is 406 g/mol. The zero-order chi connectivity index (χ0) is 20.4. The highest BCUT2D eigenvalue weighted by atomic mass is 32.2. The van der Waals surface area contributed by atoms with Crippen LogP contribution in [0, 0.1) is 13.8 Å². The highest BCUT2D eigenvalue weighted by molar-refractivity contribution is 8.00. The Labute approximate surface area is 178 Å². The van der Waals surface area contributed by atoms with Crippen LogP contribution in [-0.2, 0) is 16.0 Å². The molecule has 1 atom stereocenters. The number of rotatable bonds is 6. The van der Waals surface area contributed by atoms with Gasteiger partial charge in [-0.3, -0.25) is 14.2 Å². The van der Waals surface area contributed by atoms with E-state index in [1.165, 1.54) is 11.8 Å². The number of nitrogens with one attached hydrogen (secondary N) is 1. The predicted molar refractivity (Wildman–Crippen MR) is 116 cm³/mol. The number of benzene rings is 1. The van der Waals surface area contributed by atoms with Gasteiger partial charge in [-0.15, -0.1) is 11.8 Å². The van der Waals surface area contributed by atoms with Gasteiger partial charge in [0.2, 0.25) is 5.91 Å². The second-order valence-electron chi connectivity index (χ2n) is 7.48. The summed E-state index contributed by atoms with van der Waals surface area (Å²) in [4.78, 5) is 31.1. The normalized spacial score (nSPS) is 18.1. The molecule has 0 aliphatic carbocycles. The van der Waals surface area contributed by atoms with Crippen molar-refractivity contribution in [2.24, 2.45) is 0 Å². The molecule has 0 radical (unpaired) electrons. The van der Waals surface area contributed by atoms with Gasteiger partial charge in [0.15, 0.2) is 5.16 Å². The Morgan fingerprint density at radius 2 is 2.14 bits per heavy atom. The lowest BCUT2D eigenvalue weighted by Crippen LogP contribution is -2.33. The highest BCUT2D eigenvalue weighted by Gasteiger charge is 2.23. The van der Waals surface area contributed by atoms with E-state index in [-0.39, 0.29) is 23.3 Å². The Bertz CT molecular complexity index is 964. The fourth-order valence-corrected chi connectivity index (χ4v) is 5.59. The largest absolute Gasteiger partial charge is 0.376 e. The molecule has 0 bridgehead atoms. The maximum absolute atomic E-state index is 13.2. The summed E-state index contributed by atoms with van der Waals surface area (Å²) in [7, 11) is 0. The van der Waals surface area contributed by atoms with Crippen LogP contribution in [0.3, 0.4) is 0 Å². The third-order valence-corrected chi connectivity index (χ3v) is 7.06. The Hall–Kier alpha value is -1.77. The molecule has 0 spiro atoms. The van der Waals surface area contributed by atoms with Gasteiger partial charge in [-0.2, -0.15) is 0 Å². The number of fused-ring (bicyclic) bond motifs is 1. The van der Waals surface area contributed by atoms with E-state index >= 15 is 0 Å². The molecule has 1 aromatic heterocycles. The smallest absolute Gasteiger partial charge is 0.272 e. The topological polar surface area (TPSA) is 73.2 Å². The van der Waals surface area contributed by atoms with E-state index in [1.807, 2.05) is 26.0 Å². The molecule has 1 aromatic carbocycles. The summed E-state index contributed by atoms with van der Waals surface area (Å²) in [5.74, 6) is 1.03. The standard InChI is InChI=1S/C21H25N3O3S2/c1-13-8-14(2)10-15(9-13)24-20(26)19-17(5-7-28-19)23-21(24)29-12-18(25)22-11-16-4-3-6-27-16/h8-10,16H,3-7,11-12H2,1-2H3,(H,22,25). The molecule has 1 N–H and O–H groups in total. The maximum atomic E-state index is 13.2. The van der Waals surface area contributed by atoms with Crippen LogP contribution in [0.5, 0.6) is 0 Å². The van der Waals surface area contributed by atoms with Gasteiger partial charge in [0.1, 0.15) is 0 Å². The Morgan fingerprint density at radius 1 is 1.34 bits per heavy atom. The van der Waals surface area contributed by atoms with Crippen molar-refractivity contribution >= 4 is 29.4 Å². The Balaban J connectivity index is 1.57. The monoisotopic (exact) mass is 431 g/mol. The zero-order valence-electron chi connectivity index (χ0n) is 16.7. The van der Waals surface area contributed by atoms with Crippen LogP contribution >= 0.6 is 23.5 Å². The summed E-state index contributed by atoms with van der Waals surface area (Å²) in [6, 6.07) is 6.06. The molecule has 1 unspecified atom stereocenters. The van der Waals surface area contributed by atoms with Crippen LogP contribution in [-0.4, -0.2) is 46.2 Å². The van der Waals surface area contributed by atoms with E-state index in [0.29, 0.717) is 11.7 Å². The SMILES string of the molecule is Cc1cc(C)cc(-n2c(SCC(=O)NCC3CCCO3)nc3c(c2=O)SCC3)c1. The lowest BCUT2D eigenvalue weighted by molar-refractivity contribution is -0.119. The average molecular weight is 432 g/mol. The van der Waals surface area contributed by atoms with Crippen LogP contribution in [0.15, 0.2) is 33.0 Å². The van der Waals surface area contributed by atoms with Gasteiger partial charge >= 0.3 is 0 Å². The number of carbonyl (C=O) groups excluding carboxylic acids is 1. The maximum Gasteiger partial charge on any atom is 0.272 e. The van der Waals surface area contributed by atoms with E-state index in [2.05, 4.69) is 11.4 Å². The van der Waals surface area contributed by atoms with Crippen LogP contribution in [0.4, 0.5) is 0 Å². The van der Waals surface area contributed by atoms with Crippen molar-refractivity contribution in [3.05, 3.63) is 45.4 Å². The zero-order valence-corrected chi connectivity index (χ0v) is 18.3. The number of hydrogen-bond acceptors (Lipinski definition) is 6. The molecular formula is C21H25N3O3S2. The van der Waals surface area contributed by atoms with Crippen LogP contribution < -0.4 is 10.9 Å². The van der Waals surface area contributed by atoms with Gasteiger partial charge in [-0.05, 0) is 49.9 Å². The summed E-state index contributed by atoms with van der Waals surface area (Å²) in [6.45, 7) is 5.34. The molecule has 29 heavy (non-hydrogen) atoms. The molecule has 154 valence electrons. The third kappa shape index (κ3) is 4.70. The van der Waals surface area contributed by atoms with Gasteiger partial charge in [0.25, 0.3) is 5.56 Å². The van der Waals surface area contributed by atoms with Crippen molar-refractivity contribution in [3.63, 3.8) is 0 Å². The first kappa shape index (κ1) is 20.5. The van der Waals surface area contributed by atoms with E-state index in [1.54, 1.807) is 16.3 Å². The molecule has 0 saturated carbocycles. The minimum Gasteiger partial charge on any atom is -0.376 e. The molecule has 1 fully saturated rings. The van der Waals surface area contributed by atoms with Gasteiger partial charge < -0.3 is 10.1 Å². The fourth-order valence-electron chi connectivity index (χ4n) is 3.71. The van der Waals surface area contributed by atoms with Gasteiger partial charge in [-0.1, -0.05) is 17.8 Å². The van der Waals surface area contributed by atoms with Crippen LogP contribution in [0.25, 0.3) is 5.69 Å². The minimum atomic E-state index is -0.0680. The van der Waals surface area contributed by atoms with Gasteiger partial charge in [0.05, 0.1) is 28.1 Å². The average Bonchev–Trinajstić information content (AvgIpc) is 3.35. The van der Waals surface area contributed by atoms with E-state index < -0.39 is 0 Å². The second kappa shape index (κ2) is 8.93. The number of aryl methyl sites for hydroxylation is 3. The van der Waals surface area contributed by atoms with E-state index in [4.69, 9.17) is 9.72 Å². The molecule has 2 aliphatic rings. The van der Waals surface area contributed by atoms with Crippen molar-refractivity contribution in [1.29, 1.82) is 0 Å². The second-order valence-corrected chi connectivity index (χ2v) is 9.53. The van der Waals surface area contributed by atoms with Crippen molar-refractivity contribution in [3.8, 4) is 5.69 Å². The molecule has 2 aliphatic heterocycles. The summed E-state index contributed by atoms with van der Waals surface area (Å²) in [6.07, 6.45) is 2.95. The fraction of sp³-hybridized carbons (Fsp3) is 0.476. The quantitative estimate of drug-likeness (QED) is 0.560. The van der Waals surface area contributed by atoms with Crippen LogP contribution in [0.1, 0.15) is 29.7 Å². The molecule has 6 nitrogen and oxygen atoms in total. The Kier molecular flexibility index (Phi) is 6.32. The first-order chi connectivity index (χ1) is 14.0. The third-order valence-electron chi connectivity index (χ3n) is 5.01. The van der Waals surface area contributed by atoms with Gasteiger partial charge in [0, 0.05) is 25.3 Å². The van der Waals surface area contributed by atoms with Crippen molar-refractivity contribution in [2.45, 2.75) is 49.3 Å². The summed E-state index contributed by atoms with van der Waals surface area (Å²) < 4.78 is 7.21. The van der Waals surface area contributed by atoms with Crippen molar-refractivity contribution in [2.75, 3.05) is 24.7 Å². The summed E-state index contributed by atoms with van der Waals surface area (Å²) in [5, 5.41) is 3.51. The summed E-state index contributed by atoms with van der Waals surface area (Å²) in [5.41, 5.74) is 3.79. The Morgan fingerprint density at radius 3 is 2.86 bits per heavy atom. The lowest BCUT2D eigenvalue weighted by Gasteiger charge is -2.15. The van der Waals surface area contributed by atoms with Crippen LogP contribution in [0.2, 0.25) is 0 Å². The molecule has 3 heterocycles. The first-order valence-electron chi connectivity index (χ1n) is 9.90. The summed E-state index contributed by atoms with van der Waals surface area (Å²) >= 11 is 2.88. The van der Waals surface area contributed by atoms with Crippen molar-refractivity contribution < 1.29 is 9.53 Å².